The normalized spacial score (nSPS) is 20.3. The molecule has 2 aliphatic heterocycles. The Morgan fingerprint density at radius 1 is 1.24 bits per heavy atom. The third-order valence-electron chi connectivity index (χ3n) is 5.43. The number of hydrogen-bond acceptors (Lipinski definition) is 5. The summed E-state index contributed by atoms with van der Waals surface area (Å²) in [5.74, 6) is -2.54. The number of piperidine rings is 1. The number of carboxylic acid groups (broad SMARTS) is 1. The first-order chi connectivity index (χ1) is 13.5. The highest BCUT2D eigenvalue weighted by Crippen LogP contribution is 2.41. The van der Waals surface area contributed by atoms with Crippen LogP contribution in [-0.4, -0.2) is 71.8 Å². The van der Waals surface area contributed by atoms with Crippen LogP contribution < -0.4 is 0 Å². The molecule has 0 amide bonds. The van der Waals surface area contributed by atoms with Gasteiger partial charge in [0.15, 0.2) is 0 Å². The molecule has 0 radical (unpaired) electrons. The third kappa shape index (κ3) is 6.65. The first kappa shape index (κ1) is 23.6. The van der Waals surface area contributed by atoms with Gasteiger partial charge in [-0.2, -0.15) is 13.2 Å². The molecule has 0 aromatic carbocycles. The molecular weight excluding hydrogens is 411 g/mol. The fraction of sp³-hybridized carbons (Fsp3) is 0.667. The average molecular weight is 437 g/mol. The van der Waals surface area contributed by atoms with Crippen LogP contribution >= 0.6 is 0 Å². The van der Waals surface area contributed by atoms with E-state index >= 15 is 0 Å². The zero-order chi connectivity index (χ0) is 21.7. The number of aliphatic carboxylic acids is 1. The molecule has 1 aromatic rings. The van der Waals surface area contributed by atoms with Crippen LogP contribution in [0.15, 0.2) is 24.5 Å². The molecule has 164 valence electrons. The van der Waals surface area contributed by atoms with E-state index in [1.54, 1.807) is 17.4 Å². The summed E-state index contributed by atoms with van der Waals surface area (Å²) >= 11 is 0. The maximum Gasteiger partial charge on any atom is 0.490 e. The van der Waals surface area contributed by atoms with E-state index in [-0.39, 0.29) is 5.75 Å². The maximum atomic E-state index is 12.0. The number of alkyl halides is 3. The predicted molar refractivity (Wildman–Crippen MR) is 101 cm³/mol. The van der Waals surface area contributed by atoms with Crippen LogP contribution in [0.4, 0.5) is 13.2 Å². The summed E-state index contributed by atoms with van der Waals surface area (Å²) < 4.78 is 57.4. The second-order valence-corrected chi connectivity index (χ2v) is 9.68. The summed E-state index contributed by atoms with van der Waals surface area (Å²) in [6.45, 7) is 6.25. The molecule has 1 spiro atoms. The Balaban J connectivity index is 0.000000370. The van der Waals surface area contributed by atoms with Crippen molar-refractivity contribution in [3.8, 4) is 0 Å². The number of hydrogen-bond donors (Lipinski definition) is 1. The van der Waals surface area contributed by atoms with Gasteiger partial charge >= 0.3 is 12.1 Å². The van der Waals surface area contributed by atoms with Gasteiger partial charge in [0, 0.05) is 38.6 Å². The van der Waals surface area contributed by atoms with Gasteiger partial charge in [0.05, 0.1) is 5.75 Å². The van der Waals surface area contributed by atoms with E-state index < -0.39 is 22.2 Å². The van der Waals surface area contributed by atoms with Gasteiger partial charge in [-0.05, 0) is 49.8 Å². The second kappa shape index (κ2) is 9.40. The Hall–Kier alpha value is -1.72. The van der Waals surface area contributed by atoms with Gasteiger partial charge in [-0.15, -0.1) is 0 Å². The highest BCUT2D eigenvalue weighted by Gasteiger charge is 2.42. The number of rotatable bonds is 4. The van der Waals surface area contributed by atoms with E-state index in [1.165, 1.54) is 12.0 Å². The van der Waals surface area contributed by atoms with Crippen LogP contribution in [0.1, 0.15) is 31.7 Å². The number of carbonyl (C=O) groups is 1. The largest absolute Gasteiger partial charge is 0.490 e. The Morgan fingerprint density at radius 3 is 2.31 bits per heavy atom. The van der Waals surface area contributed by atoms with E-state index in [0.717, 1.165) is 32.5 Å². The SMILES string of the molecule is CCS(=O)(=O)N1CCC2(CCN(Cc3cccnc3)C2)CC1.O=C(O)C(F)(F)F. The molecule has 7 nitrogen and oxygen atoms in total. The Kier molecular flexibility index (Phi) is 7.63. The lowest BCUT2D eigenvalue weighted by atomic mass is 9.78. The van der Waals surface area contributed by atoms with E-state index in [4.69, 9.17) is 9.90 Å². The van der Waals surface area contributed by atoms with Crippen LogP contribution in [0.2, 0.25) is 0 Å². The van der Waals surface area contributed by atoms with Crippen molar-refractivity contribution in [2.24, 2.45) is 5.41 Å². The van der Waals surface area contributed by atoms with Gasteiger partial charge < -0.3 is 5.11 Å². The van der Waals surface area contributed by atoms with Crippen molar-refractivity contribution in [1.82, 2.24) is 14.2 Å². The number of halogens is 3. The summed E-state index contributed by atoms with van der Waals surface area (Å²) in [7, 11) is -3.02. The van der Waals surface area contributed by atoms with E-state index in [0.29, 0.717) is 18.5 Å². The monoisotopic (exact) mass is 437 g/mol. The van der Waals surface area contributed by atoms with E-state index in [9.17, 15) is 21.6 Å². The van der Waals surface area contributed by atoms with Crippen LogP contribution in [0.3, 0.4) is 0 Å². The standard InChI is InChI=1S/C16H25N3O2S.C2HF3O2/c1-2-22(20,21)19-10-6-16(7-11-19)5-9-18(14-16)13-15-4-3-8-17-12-15;3-2(4,5)1(6)7/h3-4,8,12H,2,5-7,9-11,13-14H2,1H3;(H,6,7). The molecule has 0 aliphatic carbocycles. The Morgan fingerprint density at radius 2 is 1.83 bits per heavy atom. The lowest BCUT2D eigenvalue weighted by Crippen LogP contribution is -2.44. The van der Waals surface area contributed by atoms with Gasteiger partial charge in [0.1, 0.15) is 0 Å². The molecule has 1 N–H and O–H groups in total. The summed E-state index contributed by atoms with van der Waals surface area (Å²) in [5, 5.41) is 7.12. The fourth-order valence-corrected chi connectivity index (χ4v) is 4.85. The van der Waals surface area contributed by atoms with Gasteiger partial charge in [-0.3, -0.25) is 9.88 Å². The highest BCUT2D eigenvalue weighted by atomic mass is 32.2. The topological polar surface area (TPSA) is 90.8 Å². The van der Waals surface area contributed by atoms with Gasteiger partial charge in [-0.25, -0.2) is 17.5 Å². The fourth-order valence-electron chi connectivity index (χ4n) is 3.74. The number of aromatic nitrogens is 1. The molecule has 2 saturated heterocycles. The number of sulfonamides is 1. The zero-order valence-corrected chi connectivity index (χ0v) is 17.0. The minimum Gasteiger partial charge on any atom is -0.475 e. The van der Waals surface area contributed by atoms with Gasteiger partial charge in [0.2, 0.25) is 10.0 Å². The summed E-state index contributed by atoms with van der Waals surface area (Å²) in [6, 6.07) is 4.10. The first-order valence-corrected chi connectivity index (χ1v) is 11.0. The number of likely N-dealkylation sites (tertiary alicyclic amines) is 1. The van der Waals surface area contributed by atoms with Crippen LogP contribution in [0, 0.1) is 5.41 Å². The Bertz CT molecular complexity index is 779. The van der Waals surface area contributed by atoms with Crippen molar-refractivity contribution in [2.75, 3.05) is 31.9 Å². The summed E-state index contributed by atoms with van der Waals surface area (Å²) in [6.07, 6.45) is 1.83. The van der Waals surface area contributed by atoms with Gasteiger partial charge in [-0.1, -0.05) is 6.07 Å². The zero-order valence-electron chi connectivity index (χ0n) is 16.2. The van der Waals surface area contributed by atoms with Crippen LogP contribution in [0.25, 0.3) is 0 Å². The molecular formula is C18H26F3N3O4S. The average Bonchev–Trinajstić information content (AvgIpc) is 3.04. The molecule has 29 heavy (non-hydrogen) atoms. The second-order valence-electron chi connectivity index (χ2n) is 7.42. The minimum atomic E-state index is -5.08. The van der Waals surface area contributed by atoms with Crippen molar-refractivity contribution in [2.45, 2.75) is 38.9 Å². The maximum absolute atomic E-state index is 12.0. The first-order valence-electron chi connectivity index (χ1n) is 9.37. The lowest BCUT2D eigenvalue weighted by Gasteiger charge is -2.38. The molecule has 2 aliphatic rings. The lowest BCUT2D eigenvalue weighted by molar-refractivity contribution is -0.192. The molecule has 3 heterocycles. The molecule has 0 saturated carbocycles. The summed E-state index contributed by atoms with van der Waals surface area (Å²) in [5.41, 5.74) is 1.58. The molecule has 11 heteroatoms. The molecule has 2 fully saturated rings. The molecule has 3 rings (SSSR count). The number of pyridine rings is 1. The minimum absolute atomic E-state index is 0.215. The quantitative estimate of drug-likeness (QED) is 0.778. The van der Waals surface area contributed by atoms with Crippen molar-refractivity contribution in [3.63, 3.8) is 0 Å². The number of carboxylic acids is 1. The van der Waals surface area contributed by atoms with E-state index in [1.807, 2.05) is 12.3 Å². The molecule has 0 unspecified atom stereocenters. The van der Waals surface area contributed by atoms with E-state index in [2.05, 4.69) is 16.0 Å². The molecule has 0 atom stereocenters. The predicted octanol–water partition coefficient (Wildman–Crippen LogP) is 2.35. The summed E-state index contributed by atoms with van der Waals surface area (Å²) in [4.78, 5) is 15.6. The van der Waals surface area contributed by atoms with Crippen molar-refractivity contribution in [3.05, 3.63) is 30.1 Å². The number of nitrogens with zero attached hydrogens (tertiary/aromatic N) is 3. The Labute approximate surface area is 168 Å². The highest BCUT2D eigenvalue weighted by molar-refractivity contribution is 7.89. The van der Waals surface area contributed by atoms with Crippen molar-refractivity contribution in [1.29, 1.82) is 0 Å². The van der Waals surface area contributed by atoms with Crippen LogP contribution in [-0.2, 0) is 21.4 Å². The molecule has 0 bridgehead atoms. The third-order valence-corrected chi connectivity index (χ3v) is 7.31. The van der Waals surface area contributed by atoms with Crippen molar-refractivity contribution < 1.29 is 31.5 Å². The smallest absolute Gasteiger partial charge is 0.475 e. The molecule has 1 aromatic heterocycles. The van der Waals surface area contributed by atoms with Crippen LogP contribution in [0.5, 0.6) is 0 Å². The van der Waals surface area contributed by atoms with Gasteiger partial charge in [0.25, 0.3) is 0 Å². The van der Waals surface area contributed by atoms with Crippen molar-refractivity contribution >= 4 is 16.0 Å².